The summed E-state index contributed by atoms with van der Waals surface area (Å²) in [6.07, 6.45) is 1.50. The van der Waals surface area contributed by atoms with Gasteiger partial charge in [0.15, 0.2) is 0 Å². The van der Waals surface area contributed by atoms with Crippen molar-refractivity contribution in [1.29, 1.82) is 0 Å². The quantitative estimate of drug-likeness (QED) is 0.846. The van der Waals surface area contributed by atoms with Gasteiger partial charge in [0.05, 0.1) is 7.11 Å². The number of ether oxygens (including phenoxy) is 1. The number of carbonyl (C=O) groups excluding carboxylic acids is 2. The molecule has 4 heteroatoms. The number of nitrogens with one attached hydrogen (secondary N) is 1. The number of hydrogen-bond donors (Lipinski definition) is 1. The minimum absolute atomic E-state index is 0.00977. The van der Waals surface area contributed by atoms with Crippen molar-refractivity contribution in [2.75, 3.05) is 7.11 Å². The van der Waals surface area contributed by atoms with Gasteiger partial charge in [-0.3, -0.25) is 4.79 Å². The van der Waals surface area contributed by atoms with Gasteiger partial charge in [-0.1, -0.05) is 29.8 Å². The van der Waals surface area contributed by atoms with E-state index in [9.17, 15) is 9.59 Å². The molecule has 1 N–H and O–H groups in total. The van der Waals surface area contributed by atoms with E-state index in [0.29, 0.717) is 6.42 Å². The van der Waals surface area contributed by atoms with E-state index in [4.69, 9.17) is 4.74 Å². The first-order valence-electron chi connectivity index (χ1n) is 6.43. The highest BCUT2D eigenvalue weighted by Crippen LogP contribution is 2.46. The molecule has 1 fully saturated rings. The average Bonchev–Trinajstić information content (AvgIpc) is 2.36. The van der Waals surface area contributed by atoms with Crippen LogP contribution in [-0.2, 0) is 14.3 Å². The molecule has 1 aromatic rings. The van der Waals surface area contributed by atoms with Crippen molar-refractivity contribution in [3.05, 3.63) is 35.4 Å². The number of carbonyl (C=O) groups is 2. The fraction of sp³-hybridized carbons (Fsp3) is 0.467. The lowest BCUT2D eigenvalue weighted by molar-refractivity contribution is -0.156. The van der Waals surface area contributed by atoms with Gasteiger partial charge in [0.25, 0.3) is 0 Å². The number of amides is 1. The summed E-state index contributed by atoms with van der Waals surface area (Å²) in [6.45, 7) is 3.45. The Hall–Kier alpha value is -1.84. The fourth-order valence-corrected chi connectivity index (χ4v) is 2.77. The highest BCUT2D eigenvalue weighted by Gasteiger charge is 2.55. The molecule has 0 bridgehead atoms. The highest BCUT2D eigenvalue weighted by atomic mass is 16.5. The van der Waals surface area contributed by atoms with E-state index in [1.54, 1.807) is 0 Å². The third-order valence-electron chi connectivity index (χ3n) is 3.85. The van der Waals surface area contributed by atoms with E-state index >= 15 is 0 Å². The molecular weight excluding hydrogens is 242 g/mol. The zero-order valence-electron chi connectivity index (χ0n) is 11.5. The fourth-order valence-electron chi connectivity index (χ4n) is 2.77. The second-order valence-electron chi connectivity index (χ2n) is 5.15. The van der Waals surface area contributed by atoms with Gasteiger partial charge in [0, 0.05) is 12.8 Å². The van der Waals surface area contributed by atoms with Crippen molar-refractivity contribution < 1.29 is 14.3 Å². The highest BCUT2D eigenvalue weighted by molar-refractivity contribution is 5.89. The standard InChI is InChI=1S/C15H19NO3/c1-10-4-6-12(7-5-10)13-8-9-15(13,14(18)19-3)16-11(2)17/h4-7,13H,8-9H2,1-3H3,(H,16,17)/t13-,15-/m1/s1. The van der Waals surface area contributed by atoms with Gasteiger partial charge >= 0.3 is 5.97 Å². The molecule has 0 radical (unpaired) electrons. The van der Waals surface area contributed by atoms with Crippen LogP contribution in [0.4, 0.5) is 0 Å². The molecule has 0 saturated heterocycles. The number of esters is 1. The molecule has 19 heavy (non-hydrogen) atoms. The van der Waals surface area contributed by atoms with Crippen LogP contribution in [0.15, 0.2) is 24.3 Å². The summed E-state index contributed by atoms with van der Waals surface area (Å²) in [5, 5.41) is 2.79. The number of hydrogen-bond acceptors (Lipinski definition) is 3. The number of benzene rings is 1. The molecule has 1 amide bonds. The Balaban J connectivity index is 2.31. The summed E-state index contributed by atoms with van der Waals surface area (Å²) >= 11 is 0. The molecule has 0 unspecified atom stereocenters. The summed E-state index contributed by atoms with van der Waals surface area (Å²) in [6, 6.07) is 8.06. The lowest BCUT2D eigenvalue weighted by atomic mass is 9.63. The second-order valence-corrected chi connectivity index (χ2v) is 5.15. The first-order valence-corrected chi connectivity index (χ1v) is 6.43. The van der Waals surface area contributed by atoms with Crippen LogP contribution in [0, 0.1) is 6.92 Å². The van der Waals surface area contributed by atoms with Crippen molar-refractivity contribution >= 4 is 11.9 Å². The normalized spacial score (nSPS) is 25.3. The Morgan fingerprint density at radius 2 is 1.95 bits per heavy atom. The Kier molecular flexibility index (Phi) is 3.60. The molecule has 4 nitrogen and oxygen atoms in total. The predicted octanol–water partition coefficient (Wildman–Crippen LogP) is 1.92. The van der Waals surface area contributed by atoms with E-state index in [-0.39, 0.29) is 17.8 Å². The van der Waals surface area contributed by atoms with Crippen LogP contribution in [0.5, 0.6) is 0 Å². The van der Waals surface area contributed by atoms with E-state index in [1.165, 1.54) is 19.6 Å². The Labute approximate surface area is 113 Å². The van der Waals surface area contributed by atoms with Crippen molar-refractivity contribution in [2.24, 2.45) is 0 Å². The smallest absolute Gasteiger partial charge is 0.332 e. The van der Waals surface area contributed by atoms with Gasteiger partial charge in [-0.25, -0.2) is 4.79 Å². The lowest BCUT2D eigenvalue weighted by Crippen LogP contribution is -2.63. The molecule has 1 aliphatic rings. The lowest BCUT2D eigenvalue weighted by Gasteiger charge is -2.47. The first kappa shape index (κ1) is 13.6. The van der Waals surface area contributed by atoms with Gasteiger partial charge in [-0.2, -0.15) is 0 Å². The maximum absolute atomic E-state index is 12.1. The summed E-state index contributed by atoms with van der Waals surface area (Å²) in [7, 11) is 1.36. The van der Waals surface area contributed by atoms with Crippen LogP contribution in [0.2, 0.25) is 0 Å². The van der Waals surface area contributed by atoms with Crippen LogP contribution in [0.25, 0.3) is 0 Å². The monoisotopic (exact) mass is 261 g/mol. The van der Waals surface area contributed by atoms with Gasteiger partial charge in [0.2, 0.25) is 5.91 Å². The topological polar surface area (TPSA) is 55.4 Å². The molecule has 1 aliphatic carbocycles. The molecule has 2 atom stereocenters. The molecule has 0 aromatic heterocycles. The third kappa shape index (κ3) is 2.35. The van der Waals surface area contributed by atoms with E-state index < -0.39 is 5.54 Å². The number of aryl methyl sites for hydroxylation is 1. The van der Waals surface area contributed by atoms with Gasteiger partial charge in [-0.15, -0.1) is 0 Å². The number of rotatable bonds is 3. The molecule has 1 saturated carbocycles. The Morgan fingerprint density at radius 1 is 1.32 bits per heavy atom. The summed E-state index contributed by atoms with van der Waals surface area (Å²) < 4.78 is 4.88. The maximum atomic E-state index is 12.1. The SMILES string of the molecule is COC(=O)[C@@]1(NC(C)=O)CC[C@@H]1c1ccc(C)cc1. The second kappa shape index (κ2) is 5.03. The van der Waals surface area contributed by atoms with Gasteiger partial charge in [0.1, 0.15) is 5.54 Å². The van der Waals surface area contributed by atoms with Crippen molar-refractivity contribution in [3.63, 3.8) is 0 Å². The van der Waals surface area contributed by atoms with E-state index in [0.717, 1.165) is 12.0 Å². The number of methoxy groups -OCH3 is 1. The van der Waals surface area contributed by atoms with Crippen LogP contribution in [-0.4, -0.2) is 24.5 Å². The Morgan fingerprint density at radius 3 is 2.37 bits per heavy atom. The molecule has 0 heterocycles. The summed E-state index contributed by atoms with van der Waals surface area (Å²) in [5.74, 6) is -0.578. The van der Waals surface area contributed by atoms with Crippen LogP contribution in [0.3, 0.4) is 0 Å². The molecule has 2 rings (SSSR count). The Bertz CT molecular complexity index is 495. The maximum Gasteiger partial charge on any atom is 0.332 e. The van der Waals surface area contributed by atoms with Crippen LogP contribution < -0.4 is 5.32 Å². The van der Waals surface area contributed by atoms with E-state index in [2.05, 4.69) is 5.32 Å². The van der Waals surface area contributed by atoms with Crippen molar-refractivity contribution in [3.8, 4) is 0 Å². The molecule has 0 aliphatic heterocycles. The van der Waals surface area contributed by atoms with Crippen LogP contribution in [0.1, 0.15) is 36.8 Å². The third-order valence-corrected chi connectivity index (χ3v) is 3.85. The minimum Gasteiger partial charge on any atom is -0.467 e. The molecular formula is C15H19NO3. The first-order chi connectivity index (χ1) is 8.99. The largest absolute Gasteiger partial charge is 0.467 e. The van der Waals surface area contributed by atoms with E-state index in [1.807, 2.05) is 31.2 Å². The molecule has 102 valence electrons. The predicted molar refractivity (Wildman–Crippen MR) is 71.7 cm³/mol. The molecule has 0 spiro atoms. The van der Waals surface area contributed by atoms with Gasteiger partial charge in [-0.05, 0) is 25.3 Å². The van der Waals surface area contributed by atoms with Crippen molar-refractivity contribution in [1.82, 2.24) is 5.32 Å². The zero-order chi connectivity index (χ0) is 14.0. The summed E-state index contributed by atoms with van der Waals surface area (Å²) in [5.41, 5.74) is 1.35. The van der Waals surface area contributed by atoms with Crippen molar-refractivity contribution in [2.45, 2.75) is 38.1 Å². The van der Waals surface area contributed by atoms with Gasteiger partial charge < -0.3 is 10.1 Å². The van der Waals surface area contributed by atoms with Crippen LogP contribution >= 0.6 is 0 Å². The average molecular weight is 261 g/mol. The minimum atomic E-state index is -0.893. The summed E-state index contributed by atoms with van der Waals surface area (Å²) in [4.78, 5) is 23.4. The molecule has 1 aromatic carbocycles. The zero-order valence-corrected chi connectivity index (χ0v) is 11.5.